The number of benzene rings is 2. The number of hydrogen-bond acceptors (Lipinski definition) is 3. The van der Waals surface area contributed by atoms with E-state index < -0.39 is 6.10 Å². The van der Waals surface area contributed by atoms with Gasteiger partial charge in [-0.3, -0.25) is 4.79 Å². The number of aryl methyl sites for hydroxylation is 1. The summed E-state index contributed by atoms with van der Waals surface area (Å²) in [5.74, 6) is -0.334. The minimum absolute atomic E-state index is 0.0752. The van der Waals surface area contributed by atoms with E-state index in [4.69, 9.17) is 0 Å². The molecule has 3 nitrogen and oxygen atoms in total. The summed E-state index contributed by atoms with van der Waals surface area (Å²) in [5, 5.41) is 13.3. The Labute approximate surface area is 148 Å². The zero-order valence-electron chi connectivity index (χ0n) is 14.6. The standard InChI is InChI=1S/C20H25NO2S/c1-13-12-17(10-11-18(13)24-4)14(2)20(23)21-15(3)19(22)16-8-6-5-7-9-16/h5-12,14-15,19,22H,1-4H3,(H,21,23). The van der Waals surface area contributed by atoms with E-state index in [1.807, 2.05) is 56.5 Å². The maximum Gasteiger partial charge on any atom is 0.227 e. The molecule has 0 aliphatic carbocycles. The van der Waals surface area contributed by atoms with Crippen molar-refractivity contribution < 1.29 is 9.90 Å². The van der Waals surface area contributed by atoms with Crippen molar-refractivity contribution in [2.24, 2.45) is 0 Å². The van der Waals surface area contributed by atoms with Crippen LogP contribution in [0.4, 0.5) is 0 Å². The zero-order chi connectivity index (χ0) is 17.7. The lowest BCUT2D eigenvalue weighted by molar-refractivity contribution is -0.123. The van der Waals surface area contributed by atoms with Crippen molar-refractivity contribution in [2.45, 2.75) is 43.7 Å². The van der Waals surface area contributed by atoms with E-state index >= 15 is 0 Å². The van der Waals surface area contributed by atoms with E-state index in [1.165, 1.54) is 10.5 Å². The first-order valence-electron chi connectivity index (χ1n) is 8.12. The molecule has 2 N–H and O–H groups in total. The lowest BCUT2D eigenvalue weighted by atomic mass is 9.97. The predicted octanol–water partition coefficient (Wildman–Crippen LogP) is 4.06. The molecule has 2 aromatic rings. The lowest BCUT2D eigenvalue weighted by Gasteiger charge is -2.23. The van der Waals surface area contributed by atoms with Gasteiger partial charge in [-0.15, -0.1) is 11.8 Å². The van der Waals surface area contributed by atoms with Crippen LogP contribution in [0.1, 0.15) is 42.6 Å². The maximum atomic E-state index is 12.5. The van der Waals surface area contributed by atoms with Crippen molar-refractivity contribution in [3.8, 4) is 0 Å². The minimum Gasteiger partial charge on any atom is -0.386 e. The zero-order valence-corrected chi connectivity index (χ0v) is 15.4. The molecular weight excluding hydrogens is 318 g/mol. The summed E-state index contributed by atoms with van der Waals surface area (Å²) in [5.41, 5.74) is 2.97. The van der Waals surface area contributed by atoms with Crippen LogP contribution in [0.25, 0.3) is 0 Å². The predicted molar refractivity (Wildman–Crippen MR) is 100 cm³/mol. The molecule has 3 unspecified atom stereocenters. The summed E-state index contributed by atoms with van der Waals surface area (Å²) >= 11 is 1.70. The number of aliphatic hydroxyl groups is 1. The summed E-state index contributed by atoms with van der Waals surface area (Å²) in [6.45, 7) is 5.77. The summed E-state index contributed by atoms with van der Waals surface area (Å²) in [4.78, 5) is 13.7. The molecule has 0 aliphatic heterocycles. The highest BCUT2D eigenvalue weighted by molar-refractivity contribution is 7.98. The molecule has 0 spiro atoms. The lowest BCUT2D eigenvalue weighted by Crippen LogP contribution is -2.39. The molecule has 0 fully saturated rings. The van der Waals surface area contributed by atoms with E-state index in [9.17, 15) is 9.90 Å². The van der Waals surface area contributed by atoms with Crippen LogP contribution in [-0.2, 0) is 4.79 Å². The first-order valence-corrected chi connectivity index (χ1v) is 9.34. The van der Waals surface area contributed by atoms with Crippen molar-refractivity contribution in [3.05, 3.63) is 65.2 Å². The Balaban J connectivity index is 2.04. The van der Waals surface area contributed by atoms with Crippen LogP contribution in [0.15, 0.2) is 53.4 Å². The number of aliphatic hydroxyl groups excluding tert-OH is 1. The average molecular weight is 343 g/mol. The molecule has 3 atom stereocenters. The normalized spacial score (nSPS) is 14.7. The van der Waals surface area contributed by atoms with Gasteiger partial charge in [0.05, 0.1) is 18.1 Å². The van der Waals surface area contributed by atoms with Gasteiger partial charge in [-0.1, -0.05) is 42.5 Å². The van der Waals surface area contributed by atoms with Gasteiger partial charge in [0.15, 0.2) is 0 Å². The third-order valence-corrected chi connectivity index (χ3v) is 5.19. The second-order valence-corrected chi connectivity index (χ2v) is 6.95. The van der Waals surface area contributed by atoms with E-state index in [2.05, 4.69) is 24.4 Å². The quantitative estimate of drug-likeness (QED) is 0.778. The Morgan fingerprint density at radius 2 is 1.75 bits per heavy atom. The summed E-state index contributed by atoms with van der Waals surface area (Å²) < 4.78 is 0. The Bertz CT molecular complexity index is 687. The van der Waals surface area contributed by atoms with E-state index in [1.54, 1.807) is 11.8 Å². The van der Waals surface area contributed by atoms with Gasteiger partial charge in [-0.2, -0.15) is 0 Å². The van der Waals surface area contributed by atoms with Gasteiger partial charge >= 0.3 is 0 Å². The van der Waals surface area contributed by atoms with Gasteiger partial charge in [0, 0.05) is 4.90 Å². The molecule has 2 rings (SSSR count). The molecule has 1 amide bonds. The molecule has 4 heteroatoms. The Hall–Kier alpha value is -1.78. The maximum absolute atomic E-state index is 12.5. The number of amides is 1. The highest BCUT2D eigenvalue weighted by atomic mass is 32.2. The molecule has 0 saturated carbocycles. The first-order chi connectivity index (χ1) is 11.4. The van der Waals surface area contributed by atoms with Crippen molar-refractivity contribution >= 4 is 17.7 Å². The molecule has 0 bridgehead atoms. The van der Waals surface area contributed by atoms with Gasteiger partial charge in [-0.25, -0.2) is 0 Å². The van der Waals surface area contributed by atoms with Crippen molar-refractivity contribution in [1.29, 1.82) is 0 Å². The molecule has 0 saturated heterocycles. The fourth-order valence-electron chi connectivity index (χ4n) is 2.69. The average Bonchev–Trinajstić information content (AvgIpc) is 2.60. The van der Waals surface area contributed by atoms with E-state index in [0.717, 1.165) is 11.1 Å². The van der Waals surface area contributed by atoms with Gasteiger partial charge in [0.2, 0.25) is 5.91 Å². The van der Waals surface area contributed by atoms with Gasteiger partial charge in [0.25, 0.3) is 0 Å². The summed E-state index contributed by atoms with van der Waals surface area (Å²) in [6, 6.07) is 15.2. The van der Waals surface area contributed by atoms with Crippen LogP contribution in [0.5, 0.6) is 0 Å². The van der Waals surface area contributed by atoms with Crippen LogP contribution >= 0.6 is 11.8 Å². The van der Waals surface area contributed by atoms with Crippen LogP contribution in [0.2, 0.25) is 0 Å². The number of carbonyl (C=O) groups excluding carboxylic acids is 1. The first kappa shape index (κ1) is 18.6. The largest absolute Gasteiger partial charge is 0.386 e. The number of nitrogens with one attached hydrogen (secondary N) is 1. The second kappa shape index (κ2) is 8.36. The second-order valence-electron chi connectivity index (χ2n) is 6.10. The smallest absolute Gasteiger partial charge is 0.227 e. The molecule has 128 valence electrons. The van der Waals surface area contributed by atoms with Crippen LogP contribution in [0, 0.1) is 6.92 Å². The minimum atomic E-state index is -0.719. The Morgan fingerprint density at radius 1 is 1.08 bits per heavy atom. The highest BCUT2D eigenvalue weighted by Crippen LogP contribution is 2.25. The third kappa shape index (κ3) is 4.40. The van der Waals surface area contributed by atoms with Crippen LogP contribution < -0.4 is 5.32 Å². The SMILES string of the molecule is CSc1ccc(C(C)C(=O)NC(C)C(O)c2ccccc2)cc1C. The molecule has 24 heavy (non-hydrogen) atoms. The summed E-state index contributed by atoms with van der Waals surface area (Å²) in [6.07, 6.45) is 1.33. The number of hydrogen-bond donors (Lipinski definition) is 2. The molecular formula is C20H25NO2S. The topological polar surface area (TPSA) is 49.3 Å². The van der Waals surface area contributed by atoms with Crippen molar-refractivity contribution in [1.82, 2.24) is 5.32 Å². The fraction of sp³-hybridized carbons (Fsp3) is 0.350. The molecule has 0 aromatic heterocycles. The highest BCUT2D eigenvalue weighted by Gasteiger charge is 2.22. The van der Waals surface area contributed by atoms with E-state index in [-0.39, 0.29) is 17.9 Å². The van der Waals surface area contributed by atoms with E-state index in [0.29, 0.717) is 0 Å². The molecule has 2 aromatic carbocycles. The number of carbonyl (C=O) groups is 1. The van der Waals surface area contributed by atoms with Gasteiger partial charge in [0.1, 0.15) is 0 Å². The molecule has 0 heterocycles. The third-order valence-electron chi connectivity index (χ3n) is 4.30. The molecule has 0 radical (unpaired) electrons. The number of thioether (sulfide) groups is 1. The monoisotopic (exact) mass is 343 g/mol. The summed E-state index contributed by atoms with van der Waals surface area (Å²) in [7, 11) is 0. The van der Waals surface area contributed by atoms with Crippen molar-refractivity contribution in [3.63, 3.8) is 0 Å². The Kier molecular flexibility index (Phi) is 6.46. The number of rotatable bonds is 6. The Morgan fingerprint density at radius 3 is 2.33 bits per heavy atom. The van der Waals surface area contributed by atoms with Gasteiger partial charge in [-0.05, 0) is 49.8 Å². The van der Waals surface area contributed by atoms with Crippen LogP contribution in [-0.4, -0.2) is 23.3 Å². The van der Waals surface area contributed by atoms with Gasteiger partial charge < -0.3 is 10.4 Å². The fourth-order valence-corrected chi connectivity index (χ4v) is 3.27. The van der Waals surface area contributed by atoms with Crippen molar-refractivity contribution in [2.75, 3.05) is 6.26 Å². The van der Waals surface area contributed by atoms with Crippen LogP contribution in [0.3, 0.4) is 0 Å². The molecule has 0 aliphatic rings.